The SMILES string of the molecule is Cc1ccc(S(=O)(=O)N2NC(c3cc(C)c(Cl)cc3F)C=C2C(F)(F)F)cc1. The fraction of sp³-hybridized carbons (Fsp3) is 0.222. The minimum atomic E-state index is -4.97. The van der Waals surface area contributed by atoms with Gasteiger partial charge in [-0.15, -0.1) is 0 Å². The van der Waals surface area contributed by atoms with Crippen LogP contribution in [0.4, 0.5) is 17.6 Å². The smallest absolute Gasteiger partial charge is 0.208 e. The average molecular weight is 435 g/mol. The van der Waals surface area contributed by atoms with E-state index in [2.05, 4.69) is 5.43 Å². The number of benzene rings is 2. The van der Waals surface area contributed by atoms with Crippen molar-refractivity contribution in [2.45, 2.75) is 31.0 Å². The molecule has 1 N–H and O–H groups in total. The lowest BCUT2D eigenvalue weighted by molar-refractivity contribution is -0.105. The van der Waals surface area contributed by atoms with Crippen molar-refractivity contribution < 1.29 is 26.0 Å². The number of nitrogens with zero attached hydrogens (tertiary/aromatic N) is 1. The maximum atomic E-state index is 14.3. The predicted octanol–water partition coefficient (Wildman–Crippen LogP) is 4.79. The molecular formula is C18H15ClF4N2O2S. The number of hydrogen-bond donors (Lipinski definition) is 1. The summed E-state index contributed by atoms with van der Waals surface area (Å²) in [5.74, 6) is -0.847. The first-order valence-corrected chi connectivity index (χ1v) is 9.86. The van der Waals surface area contributed by atoms with Crippen LogP contribution in [-0.4, -0.2) is 19.0 Å². The van der Waals surface area contributed by atoms with Crippen LogP contribution in [0.3, 0.4) is 0 Å². The highest BCUT2D eigenvalue weighted by Gasteiger charge is 2.47. The van der Waals surface area contributed by atoms with E-state index in [0.717, 1.165) is 11.6 Å². The molecule has 1 aliphatic rings. The van der Waals surface area contributed by atoms with Gasteiger partial charge in [0.2, 0.25) is 0 Å². The molecule has 0 bridgehead atoms. The standard InChI is InChI=1S/C18H15ClF4N2O2S/c1-10-3-5-12(6-4-10)28(26,27)25-17(18(21,22)23)9-16(24-25)13-7-11(2)14(19)8-15(13)20/h3-9,16,24H,1-2H3. The van der Waals surface area contributed by atoms with E-state index >= 15 is 0 Å². The average Bonchev–Trinajstić information content (AvgIpc) is 3.05. The Hall–Kier alpha value is -2.10. The number of nitrogens with one attached hydrogen (secondary N) is 1. The van der Waals surface area contributed by atoms with Gasteiger partial charge >= 0.3 is 6.18 Å². The highest BCUT2D eigenvalue weighted by Crippen LogP contribution is 2.39. The number of hydrogen-bond acceptors (Lipinski definition) is 3. The summed E-state index contributed by atoms with van der Waals surface area (Å²) >= 11 is 5.83. The van der Waals surface area contributed by atoms with E-state index in [0.29, 0.717) is 11.6 Å². The highest BCUT2D eigenvalue weighted by atomic mass is 35.5. The third-order valence-electron chi connectivity index (χ3n) is 4.26. The molecule has 0 saturated carbocycles. The summed E-state index contributed by atoms with van der Waals surface area (Å²) in [5, 5.41) is 0.114. The molecule has 0 aromatic heterocycles. The number of sulfonamides is 1. The van der Waals surface area contributed by atoms with E-state index in [1.165, 1.54) is 30.3 Å². The van der Waals surface area contributed by atoms with Crippen molar-refractivity contribution in [2.75, 3.05) is 0 Å². The summed E-state index contributed by atoms with van der Waals surface area (Å²) in [6.07, 6.45) is -4.34. The second kappa shape index (κ2) is 7.06. The van der Waals surface area contributed by atoms with Gasteiger partial charge in [0.25, 0.3) is 10.0 Å². The van der Waals surface area contributed by atoms with Crippen LogP contribution in [0.15, 0.2) is 53.1 Å². The van der Waals surface area contributed by atoms with Gasteiger partial charge in [0.15, 0.2) is 0 Å². The zero-order valence-corrected chi connectivity index (χ0v) is 16.3. The Morgan fingerprint density at radius 1 is 1.11 bits per heavy atom. The number of alkyl halides is 3. The molecule has 1 aliphatic heterocycles. The van der Waals surface area contributed by atoms with Gasteiger partial charge in [0.1, 0.15) is 11.5 Å². The van der Waals surface area contributed by atoms with Crippen LogP contribution < -0.4 is 5.43 Å². The fourth-order valence-electron chi connectivity index (χ4n) is 2.76. The van der Waals surface area contributed by atoms with Crippen molar-refractivity contribution in [3.8, 4) is 0 Å². The third-order valence-corrected chi connectivity index (χ3v) is 6.32. The Kier molecular flexibility index (Phi) is 5.20. The van der Waals surface area contributed by atoms with E-state index in [1.54, 1.807) is 13.8 Å². The Balaban J connectivity index is 2.08. The summed E-state index contributed by atoms with van der Waals surface area (Å²) in [4.78, 5) is -0.325. The Labute approximate surface area is 164 Å². The molecule has 28 heavy (non-hydrogen) atoms. The van der Waals surface area contributed by atoms with Crippen LogP contribution in [0.5, 0.6) is 0 Å². The number of halogens is 5. The van der Waals surface area contributed by atoms with Crippen molar-refractivity contribution in [1.29, 1.82) is 0 Å². The normalized spacial score (nSPS) is 17.8. The second-order valence-corrected chi connectivity index (χ2v) is 8.56. The molecule has 150 valence electrons. The highest BCUT2D eigenvalue weighted by molar-refractivity contribution is 7.89. The Morgan fingerprint density at radius 3 is 2.29 bits per heavy atom. The number of hydrazine groups is 1. The Bertz CT molecular complexity index is 1050. The van der Waals surface area contributed by atoms with Crippen molar-refractivity contribution >= 4 is 21.6 Å². The van der Waals surface area contributed by atoms with Crippen molar-refractivity contribution in [3.05, 3.63) is 75.7 Å². The first kappa shape index (κ1) is 20.6. The molecule has 1 atom stereocenters. The van der Waals surface area contributed by atoms with Crippen molar-refractivity contribution in [1.82, 2.24) is 9.84 Å². The minimum absolute atomic E-state index is 0.0473. The summed E-state index contributed by atoms with van der Waals surface area (Å²) in [5.41, 5.74) is 1.86. The summed E-state index contributed by atoms with van der Waals surface area (Å²) in [6.45, 7) is 3.28. The molecule has 1 heterocycles. The number of allylic oxidation sites excluding steroid dienone is 1. The topological polar surface area (TPSA) is 49.4 Å². The second-order valence-electron chi connectivity index (χ2n) is 6.36. The lowest BCUT2D eigenvalue weighted by atomic mass is 10.0. The van der Waals surface area contributed by atoms with E-state index in [1.807, 2.05) is 0 Å². The van der Waals surface area contributed by atoms with Gasteiger partial charge in [-0.1, -0.05) is 29.3 Å². The molecule has 0 saturated heterocycles. The first-order chi connectivity index (χ1) is 12.9. The molecule has 2 aromatic rings. The van der Waals surface area contributed by atoms with Gasteiger partial charge in [-0.3, -0.25) is 0 Å². The molecule has 0 spiro atoms. The van der Waals surface area contributed by atoms with Crippen LogP contribution in [0.2, 0.25) is 5.02 Å². The lowest BCUT2D eigenvalue weighted by Crippen LogP contribution is -2.42. The van der Waals surface area contributed by atoms with Crippen LogP contribution in [0.25, 0.3) is 0 Å². The maximum Gasteiger partial charge on any atom is 0.433 e. The Morgan fingerprint density at radius 2 is 1.71 bits per heavy atom. The van der Waals surface area contributed by atoms with Gasteiger partial charge in [0, 0.05) is 10.6 Å². The van der Waals surface area contributed by atoms with E-state index in [-0.39, 0.29) is 19.9 Å². The largest absolute Gasteiger partial charge is 0.433 e. The number of rotatable bonds is 3. The number of aryl methyl sites for hydroxylation is 2. The molecule has 2 aromatic carbocycles. The summed E-state index contributed by atoms with van der Waals surface area (Å²) in [7, 11) is -4.57. The molecule has 0 aliphatic carbocycles. The van der Waals surface area contributed by atoms with Crippen molar-refractivity contribution in [2.24, 2.45) is 0 Å². The maximum absolute atomic E-state index is 14.3. The molecule has 0 amide bonds. The monoisotopic (exact) mass is 434 g/mol. The van der Waals surface area contributed by atoms with Gasteiger partial charge in [-0.2, -0.15) is 26.0 Å². The van der Waals surface area contributed by atoms with Crippen LogP contribution >= 0.6 is 11.6 Å². The minimum Gasteiger partial charge on any atom is -0.208 e. The molecule has 4 nitrogen and oxygen atoms in total. The van der Waals surface area contributed by atoms with Gasteiger partial charge < -0.3 is 0 Å². The van der Waals surface area contributed by atoms with E-state index in [4.69, 9.17) is 11.6 Å². The van der Waals surface area contributed by atoms with Gasteiger partial charge in [-0.25, -0.2) is 9.82 Å². The third kappa shape index (κ3) is 3.74. The predicted molar refractivity (Wildman–Crippen MR) is 96.4 cm³/mol. The van der Waals surface area contributed by atoms with Crippen LogP contribution in [-0.2, 0) is 10.0 Å². The molecule has 10 heteroatoms. The summed E-state index contributed by atoms with van der Waals surface area (Å²) in [6, 6.07) is 6.28. The molecule has 1 unspecified atom stereocenters. The zero-order valence-electron chi connectivity index (χ0n) is 14.7. The molecular weight excluding hydrogens is 420 g/mol. The molecule has 3 rings (SSSR count). The lowest BCUT2D eigenvalue weighted by Gasteiger charge is -2.25. The van der Waals surface area contributed by atoms with E-state index < -0.39 is 33.8 Å². The quantitative estimate of drug-likeness (QED) is 0.706. The summed E-state index contributed by atoms with van der Waals surface area (Å²) < 4.78 is 80.5. The van der Waals surface area contributed by atoms with Crippen molar-refractivity contribution in [3.63, 3.8) is 0 Å². The fourth-order valence-corrected chi connectivity index (χ4v) is 4.28. The van der Waals surface area contributed by atoms with Gasteiger partial charge in [-0.05, 0) is 49.8 Å². The van der Waals surface area contributed by atoms with E-state index in [9.17, 15) is 26.0 Å². The molecule has 0 fully saturated rings. The zero-order chi connectivity index (χ0) is 20.9. The molecule has 0 radical (unpaired) electrons. The van der Waals surface area contributed by atoms with Gasteiger partial charge in [0.05, 0.1) is 10.9 Å². The van der Waals surface area contributed by atoms with Crippen LogP contribution in [0, 0.1) is 19.7 Å². The van der Waals surface area contributed by atoms with Crippen LogP contribution in [0.1, 0.15) is 22.7 Å². The first-order valence-electron chi connectivity index (χ1n) is 8.04.